The topological polar surface area (TPSA) is 42.1 Å². The van der Waals surface area contributed by atoms with Crippen LogP contribution in [0.25, 0.3) is 0 Å². The average molecular weight is 360 g/mol. The number of nitrogens with two attached hydrogens (primary N) is 1. The maximum atomic E-state index is 6.47. The molecule has 1 rings (SSSR count). The summed E-state index contributed by atoms with van der Waals surface area (Å²) in [6.45, 7) is 16.7. The quantitative estimate of drug-likeness (QED) is 0.479. The van der Waals surface area contributed by atoms with Crippen LogP contribution >= 0.6 is 0 Å². The zero-order chi connectivity index (χ0) is 19.9. The molecule has 1 aromatic heterocycles. The molecule has 0 amide bonds. The molecule has 26 heavy (non-hydrogen) atoms. The highest BCUT2D eigenvalue weighted by molar-refractivity contribution is 5.29. The predicted octanol–water partition coefficient (Wildman–Crippen LogP) is 5.33. The maximum Gasteiger partial charge on any atom is 0.0631 e. The first-order valence-electron chi connectivity index (χ1n) is 10.2. The van der Waals surface area contributed by atoms with Crippen molar-refractivity contribution in [1.82, 2.24) is 9.88 Å². The molecule has 2 N–H and O–H groups in total. The van der Waals surface area contributed by atoms with E-state index in [1.54, 1.807) is 0 Å². The van der Waals surface area contributed by atoms with Gasteiger partial charge in [0.15, 0.2) is 0 Å². The fraction of sp³-hybridized carbons (Fsp3) is 0.696. The Morgan fingerprint density at radius 3 is 2.31 bits per heavy atom. The van der Waals surface area contributed by atoms with E-state index in [0.29, 0.717) is 17.8 Å². The smallest absolute Gasteiger partial charge is 0.0631 e. The van der Waals surface area contributed by atoms with Gasteiger partial charge in [0.05, 0.1) is 6.17 Å². The van der Waals surface area contributed by atoms with Crippen molar-refractivity contribution < 1.29 is 0 Å². The van der Waals surface area contributed by atoms with Crippen LogP contribution in [-0.2, 0) is 5.41 Å². The lowest BCUT2D eigenvalue weighted by molar-refractivity contribution is 0.183. The number of hydrogen-bond acceptors (Lipinski definition) is 3. The third-order valence-corrected chi connectivity index (χ3v) is 5.48. The van der Waals surface area contributed by atoms with Crippen molar-refractivity contribution in [1.29, 1.82) is 0 Å². The van der Waals surface area contributed by atoms with E-state index in [1.807, 2.05) is 12.4 Å². The number of aromatic nitrogens is 1. The highest BCUT2D eigenvalue weighted by atomic mass is 15.2. The molecule has 1 aromatic rings. The molecule has 3 nitrogen and oxygen atoms in total. The van der Waals surface area contributed by atoms with E-state index in [0.717, 1.165) is 13.0 Å². The van der Waals surface area contributed by atoms with Gasteiger partial charge >= 0.3 is 0 Å². The molecule has 0 spiro atoms. The molecule has 0 fully saturated rings. The summed E-state index contributed by atoms with van der Waals surface area (Å²) < 4.78 is 0. The fourth-order valence-corrected chi connectivity index (χ4v) is 3.12. The molecular formula is C23H41N3. The van der Waals surface area contributed by atoms with Crippen LogP contribution in [0.2, 0.25) is 0 Å². The second kappa shape index (κ2) is 10.2. The minimum absolute atomic E-state index is 0.0526. The van der Waals surface area contributed by atoms with E-state index in [1.165, 1.54) is 17.5 Å². The second-order valence-electron chi connectivity index (χ2n) is 8.96. The molecule has 4 atom stereocenters. The Morgan fingerprint density at radius 2 is 1.77 bits per heavy atom. The third kappa shape index (κ3) is 6.85. The van der Waals surface area contributed by atoms with Gasteiger partial charge in [0.2, 0.25) is 0 Å². The van der Waals surface area contributed by atoms with Crippen LogP contribution in [0, 0.1) is 11.8 Å². The van der Waals surface area contributed by atoms with Crippen molar-refractivity contribution in [3.8, 4) is 0 Å². The summed E-state index contributed by atoms with van der Waals surface area (Å²) in [6, 6.07) is 2.31. The molecule has 0 aliphatic carbocycles. The Labute approximate surface area is 162 Å². The number of pyridine rings is 1. The summed E-state index contributed by atoms with van der Waals surface area (Å²) in [5, 5.41) is 0. The molecule has 0 aliphatic heterocycles. The molecule has 0 saturated heterocycles. The Bertz CT molecular complexity index is 559. The van der Waals surface area contributed by atoms with Gasteiger partial charge in [-0.05, 0) is 35.9 Å². The molecule has 0 radical (unpaired) electrons. The maximum absolute atomic E-state index is 6.47. The predicted molar refractivity (Wildman–Crippen MR) is 114 cm³/mol. The van der Waals surface area contributed by atoms with Gasteiger partial charge in [-0.3, -0.25) is 9.88 Å². The molecule has 0 bridgehead atoms. The monoisotopic (exact) mass is 359 g/mol. The molecule has 1 heterocycles. The van der Waals surface area contributed by atoms with Crippen LogP contribution in [0.15, 0.2) is 30.6 Å². The van der Waals surface area contributed by atoms with Crippen LogP contribution in [0.4, 0.5) is 0 Å². The summed E-state index contributed by atoms with van der Waals surface area (Å²) >= 11 is 0. The summed E-state index contributed by atoms with van der Waals surface area (Å²) in [5.74, 6) is 1.38. The Balaban J connectivity index is 2.83. The average Bonchev–Trinajstić information content (AvgIpc) is 2.60. The number of hydrogen-bond donors (Lipinski definition) is 1. The van der Waals surface area contributed by atoms with Crippen molar-refractivity contribution in [3.05, 3.63) is 41.7 Å². The highest BCUT2D eigenvalue weighted by Crippen LogP contribution is 2.27. The second-order valence-corrected chi connectivity index (χ2v) is 8.96. The Hall–Kier alpha value is -1.19. The van der Waals surface area contributed by atoms with Crippen molar-refractivity contribution in [3.63, 3.8) is 0 Å². The van der Waals surface area contributed by atoms with E-state index in [2.05, 4.69) is 83.6 Å². The van der Waals surface area contributed by atoms with Crippen molar-refractivity contribution in [2.45, 2.75) is 78.8 Å². The van der Waals surface area contributed by atoms with Gasteiger partial charge in [-0.1, -0.05) is 73.1 Å². The summed E-state index contributed by atoms with van der Waals surface area (Å²) in [6.07, 6.45) is 10.9. The van der Waals surface area contributed by atoms with Gasteiger partial charge in [0.25, 0.3) is 0 Å². The van der Waals surface area contributed by atoms with Gasteiger partial charge in [0.1, 0.15) is 0 Å². The van der Waals surface area contributed by atoms with Gasteiger partial charge in [-0.15, -0.1) is 0 Å². The van der Waals surface area contributed by atoms with E-state index in [9.17, 15) is 0 Å². The number of allylic oxidation sites excluding steroid dienone is 1. The van der Waals surface area contributed by atoms with Gasteiger partial charge < -0.3 is 5.73 Å². The molecule has 0 aliphatic rings. The molecule has 3 heteroatoms. The van der Waals surface area contributed by atoms with E-state index in [-0.39, 0.29) is 11.6 Å². The van der Waals surface area contributed by atoms with Crippen LogP contribution in [-0.4, -0.2) is 29.6 Å². The van der Waals surface area contributed by atoms with E-state index in [4.69, 9.17) is 5.73 Å². The van der Waals surface area contributed by atoms with Gasteiger partial charge in [0, 0.05) is 30.8 Å². The lowest BCUT2D eigenvalue weighted by Crippen LogP contribution is -2.45. The molecule has 0 saturated carbocycles. The standard InChI is InChI=1S/C23H41N3/c1-9-17(3)16-26(8)22(24)18(4)11-12-19(10-2)20-13-21(15-25-14-20)23(5,6)7/h11-15,17-19,22H,9-10,16,24H2,1-8H3/b12-11-/t17-,18?,19-,22?/m1/s1. The number of rotatable bonds is 9. The zero-order valence-electron chi connectivity index (χ0n) is 18.3. The Morgan fingerprint density at radius 1 is 1.12 bits per heavy atom. The summed E-state index contributed by atoms with van der Waals surface area (Å²) in [7, 11) is 2.13. The zero-order valence-corrected chi connectivity index (χ0v) is 18.3. The van der Waals surface area contributed by atoms with Crippen LogP contribution < -0.4 is 5.73 Å². The first kappa shape index (κ1) is 22.9. The van der Waals surface area contributed by atoms with Crippen LogP contribution in [0.5, 0.6) is 0 Å². The largest absolute Gasteiger partial charge is 0.315 e. The van der Waals surface area contributed by atoms with Crippen molar-refractivity contribution >= 4 is 0 Å². The first-order valence-corrected chi connectivity index (χ1v) is 10.2. The van der Waals surface area contributed by atoms with Crippen molar-refractivity contribution in [2.75, 3.05) is 13.6 Å². The fourth-order valence-electron chi connectivity index (χ4n) is 3.12. The third-order valence-electron chi connectivity index (χ3n) is 5.48. The highest BCUT2D eigenvalue weighted by Gasteiger charge is 2.19. The van der Waals surface area contributed by atoms with Gasteiger partial charge in [-0.2, -0.15) is 0 Å². The lowest BCUT2D eigenvalue weighted by Gasteiger charge is -2.30. The SMILES string of the molecule is CC[C@@H](C)CN(C)C(N)C(C)/C=C\[C@@H](CC)c1cncc(C(C)(C)C)c1. The molecule has 2 unspecified atom stereocenters. The van der Waals surface area contributed by atoms with Crippen molar-refractivity contribution in [2.24, 2.45) is 17.6 Å². The lowest BCUT2D eigenvalue weighted by atomic mass is 9.85. The molecular weight excluding hydrogens is 318 g/mol. The van der Waals surface area contributed by atoms with Crippen LogP contribution in [0.3, 0.4) is 0 Å². The number of nitrogens with zero attached hydrogens (tertiary/aromatic N) is 2. The van der Waals surface area contributed by atoms with E-state index >= 15 is 0 Å². The van der Waals surface area contributed by atoms with Gasteiger partial charge in [-0.25, -0.2) is 0 Å². The molecule has 0 aromatic carbocycles. The minimum Gasteiger partial charge on any atom is -0.315 e. The normalized spacial score (nSPS) is 17.5. The summed E-state index contributed by atoms with van der Waals surface area (Å²) in [4.78, 5) is 6.77. The summed E-state index contributed by atoms with van der Waals surface area (Å²) in [5.41, 5.74) is 9.19. The Kier molecular flexibility index (Phi) is 8.99. The van der Waals surface area contributed by atoms with E-state index < -0.39 is 0 Å². The van der Waals surface area contributed by atoms with Crippen LogP contribution in [0.1, 0.15) is 78.4 Å². The first-order chi connectivity index (χ1) is 12.1. The molecule has 148 valence electrons. The minimum atomic E-state index is 0.0526.